The number of carbonyl (C=O) groups is 2. The highest BCUT2D eigenvalue weighted by molar-refractivity contribution is 5.98. The van der Waals surface area contributed by atoms with E-state index < -0.39 is 17.5 Å². The van der Waals surface area contributed by atoms with Gasteiger partial charge in [0.25, 0.3) is 5.91 Å². The van der Waals surface area contributed by atoms with Crippen molar-refractivity contribution >= 4 is 22.8 Å². The molecule has 1 atom stereocenters. The Morgan fingerprint density at radius 3 is 2.26 bits per heavy atom. The quantitative estimate of drug-likeness (QED) is 0.286. The standard InChI is InChI=1S/C32H43NO6/c1-9-32(10-2,23-12-14-26(24(17-23)20(3)4)38-19-27(34)31(5,6)7)28-16-22-15-21(11-13-25(22)39-28)30(37)33(8)18-29(35)36/h11-17,20,27,34H,9-10,18-19H2,1-8H3,(H,35,36). The summed E-state index contributed by atoms with van der Waals surface area (Å²) in [6.07, 6.45) is 1.02. The smallest absolute Gasteiger partial charge is 0.323 e. The normalized spacial score (nSPS) is 13.1. The predicted molar refractivity (Wildman–Crippen MR) is 154 cm³/mol. The van der Waals surface area contributed by atoms with Crippen LogP contribution in [0.4, 0.5) is 0 Å². The number of amides is 1. The number of nitrogens with zero attached hydrogens (tertiary/aromatic N) is 1. The van der Waals surface area contributed by atoms with E-state index in [2.05, 4.69) is 39.8 Å². The van der Waals surface area contributed by atoms with E-state index in [0.29, 0.717) is 11.1 Å². The van der Waals surface area contributed by atoms with Gasteiger partial charge in [-0.25, -0.2) is 0 Å². The molecule has 3 rings (SSSR count). The number of carboxylic acids is 1. The molecule has 0 aliphatic carbocycles. The Morgan fingerprint density at radius 2 is 1.69 bits per heavy atom. The van der Waals surface area contributed by atoms with Crippen LogP contribution < -0.4 is 4.74 Å². The topological polar surface area (TPSA) is 100 Å². The number of aliphatic hydroxyl groups is 1. The molecule has 0 radical (unpaired) electrons. The van der Waals surface area contributed by atoms with E-state index >= 15 is 0 Å². The minimum atomic E-state index is -1.06. The van der Waals surface area contributed by atoms with E-state index in [1.807, 2.05) is 32.9 Å². The van der Waals surface area contributed by atoms with Crippen molar-refractivity contribution in [3.63, 3.8) is 0 Å². The lowest BCUT2D eigenvalue weighted by molar-refractivity contribution is -0.137. The number of aliphatic carboxylic acids is 1. The number of aliphatic hydroxyl groups excluding tert-OH is 1. The summed E-state index contributed by atoms with van der Waals surface area (Å²) in [7, 11) is 1.48. The first-order valence-corrected chi connectivity index (χ1v) is 13.7. The Balaban J connectivity index is 2.01. The molecule has 0 aliphatic heterocycles. The Hall–Kier alpha value is -3.32. The summed E-state index contributed by atoms with van der Waals surface area (Å²) in [6, 6.07) is 13.5. The minimum Gasteiger partial charge on any atom is -0.491 e. The molecular formula is C32H43NO6. The molecule has 7 nitrogen and oxygen atoms in total. The first-order valence-electron chi connectivity index (χ1n) is 13.7. The Kier molecular flexibility index (Phi) is 9.16. The molecule has 0 fully saturated rings. The van der Waals surface area contributed by atoms with E-state index in [1.54, 1.807) is 18.2 Å². The van der Waals surface area contributed by atoms with Crippen molar-refractivity contribution in [3.8, 4) is 5.75 Å². The monoisotopic (exact) mass is 537 g/mol. The number of fused-ring (bicyclic) bond motifs is 1. The second-order valence-corrected chi connectivity index (χ2v) is 11.8. The van der Waals surface area contributed by atoms with Crippen LogP contribution in [0.15, 0.2) is 46.9 Å². The van der Waals surface area contributed by atoms with E-state index in [-0.39, 0.29) is 30.4 Å². The summed E-state index contributed by atoms with van der Waals surface area (Å²) in [6.45, 7) is 14.4. The molecule has 0 aliphatic rings. The van der Waals surface area contributed by atoms with Crippen LogP contribution in [0.3, 0.4) is 0 Å². The van der Waals surface area contributed by atoms with Crippen molar-refractivity contribution in [2.24, 2.45) is 5.41 Å². The molecule has 0 spiro atoms. The van der Waals surface area contributed by atoms with Crippen molar-refractivity contribution in [1.29, 1.82) is 0 Å². The zero-order valence-electron chi connectivity index (χ0n) is 24.5. The van der Waals surface area contributed by atoms with Crippen LogP contribution in [0.25, 0.3) is 11.0 Å². The van der Waals surface area contributed by atoms with Crippen LogP contribution in [0.2, 0.25) is 0 Å². The van der Waals surface area contributed by atoms with Gasteiger partial charge in [0.05, 0.1) is 11.5 Å². The van der Waals surface area contributed by atoms with Crippen molar-refractivity contribution in [2.75, 3.05) is 20.2 Å². The number of hydrogen-bond donors (Lipinski definition) is 2. The summed E-state index contributed by atoms with van der Waals surface area (Å²) >= 11 is 0. The summed E-state index contributed by atoms with van der Waals surface area (Å²) in [5, 5.41) is 20.3. The van der Waals surface area contributed by atoms with Crippen molar-refractivity contribution in [1.82, 2.24) is 4.90 Å². The van der Waals surface area contributed by atoms with Crippen LogP contribution in [-0.4, -0.2) is 53.3 Å². The van der Waals surface area contributed by atoms with Gasteiger partial charge in [0.2, 0.25) is 0 Å². The van der Waals surface area contributed by atoms with Gasteiger partial charge in [-0.05, 0) is 65.6 Å². The van der Waals surface area contributed by atoms with Crippen LogP contribution in [0.1, 0.15) is 94.5 Å². The molecule has 212 valence electrons. The molecule has 3 aromatic rings. The molecular weight excluding hydrogens is 494 g/mol. The average molecular weight is 538 g/mol. The summed E-state index contributed by atoms with van der Waals surface area (Å²) in [4.78, 5) is 25.0. The molecule has 39 heavy (non-hydrogen) atoms. The van der Waals surface area contributed by atoms with Gasteiger partial charge in [-0.1, -0.05) is 60.6 Å². The lowest BCUT2D eigenvalue weighted by atomic mass is 9.73. The van der Waals surface area contributed by atoms with Gasteiger partial charge in [0, 0.05) is 18.0 Å². The third-order valence-electron chi connectivity index (χ3n) is 7.74. The van der Waals surface area contributed by atoms with Gasteiger partial charge in [-0.15, -0.1) is 0 Å². The largest absolute Gasteiger partial charge is 0.491 e. The number of rotatable bonds is 11. The summed E-state index contributed by atoms with van der Waals surface area (Å²) in [5.41, 5.74) is 2.62. The molecule has 1 amide bonds. The first-order chi connectivity index (χ1) is 18.2. The van der Waals surface area contributed by atoms with Crippen LogP contribution in [0, 0.1) is 5.41 Å². The second kappa shape index (κ2) is 11.8. The molecule has 2 N–H and O–H groups in total. The SMILES string of the molecule is CCC(CC)(c1ccc(OCC(O)C(C)(C)C)c(C(C)C)c1)c1cc2cc(C(=O)N(C)CC(=O)O)ccc2o1. The summed E-state index contributed by atoms with van der Waals surface area (Å²) in [5.74, 6) is 0.392. The number of carbonyl (C=O) groups excluding carboxylic acids is 1. The highest BCUT2D eigenvalue weighted by atomic mass is 16.5. The number of benzene rings is 2. The molecule has 7 heteroatoms. The highest BCUT2D eigenvalue weighted by Gasteiger charge is 2.35. The lowest BCUT2D eigenvalue weighted by Gasteiger charge is -2.32. The van der Waals surface area contributed by atoms with Gasteiger partial charge in [0.15, 0.2) is 0 Å². The van der Waals surface area contributed by atoms with Crippen LogP contribution >= 0.6 is 0 Å². The van der Waals surface area contributed by atoms with Crippen LogP contribution in [0.5, 0.6) is 5.75 Å². The first kappa shape index (κ1) is 30.2. The van der Waals surface area contributed by atoms with E-state index in [1.165, 1.54) is 11.9 Å². The molecule has 1 heterocycles. The number of hydrogen-bond acceptors (Lipinski definition) is 5. The van der Waals surface area contributed by atoms with Gasteiger partial charge >= 0.3 is 5.97 Å². The molecule has 0 saturated heterocycles. The third kappa shape index (κ3) is 6.47. The zero-order chi connectivity index (χ0) is 29.1. The Morgan fingerprint density at radius 1 is 1.03 bits per heavy atom. The van der Waals surface area contributed by atoms with E-state index in [9.17, 15) is 14.7 Å². The Labute approximate surface area is 231 Å². The fourth-order valence-corrected chi connectivity index (χ4v) is 4.90. The number of carboxylic acid groups (broad SMARTS) is 1. The van der Waals surface area contributed by atoms with Gasteiger partial charge in [-0.3, -0.25) is 9.59 Å². The van der Waals surface area contributed by atoms with Crippen molar-refractivity contribution in [2.45, 2.75) is 78.7 Å². The fraction of sp³-hybridized carbons (Fsp3) is 0.500. The fourth-order valence-electron chi connectivity index (χ4n) is 4.90. The average Bonchev–Trinajstić information content (AvgIpc) is 3.30. The maximum atomic E-state index is 12.7. The zero-order valence-corrected chi connectivity index (χ0v) is 24.5. The lowest BCUT2D eigenvalue weighted by Crippen LogP contribution is -2.32. The predicted octanol–water partition coefficient (Wildman–Crippen LogP) is 6.60. The molecule has 0 saturated carbocycles. The second-order valence-electron chi connectivity index (χ2n) is 11.8. The number of furan rings is 1. The number of ether oxygens (including phenoxy) is 1. The van der Waals surface area contributed by atoms with Gasteiger partial charge < -0.3 is 24.3 Å². The van der Waals surface area contributed by atoms with Crippen LogP contribution in [-0.2, 0) is 10.2 Å². The summed E-state index contributed by atoms with van der Waals surface area (Å²) < 4.78 is 12.5. The maximum Gasteiger partial charge on any atom is 0.323 e. The van der Waals surface area contributed by atoms with Gasteiger partial charge in [0.1, 0.15) is 30.2 Å². The Bertz CT molecular complexity index is 1310. The van der Waals surface area contributed by atoms with Crippen molar-refractivity contribution < 1.29 is 29.0 Å². The highest BCUT2D eigenvalue weighted by Crippen LogP contribution is 2.43. The minimum absolute atomic E-state index is 0.213. The third-order valence-corrected chi connectivity index (χ3v) is 7.74. The maximum absolute atomic E-state index is 12.7. The molecule has 1 unspecified atom stereocenters. The van der Waals surface area contributed by atoms with Crippen molar-refractivity contribution in [3.05, 3.63) is 64.9 Å². The molecule has 0 bridgehead atoms. The number of likely N-dealkylation sites (N-methyl/N-ethyl adjacent to an activating group) is 1. The van der Waals surface area contributed by atoms with Gasteiger partial charge in [-0.2, -0.15) is 0 Å². The molecule has 2 aromatic carbocycles. The van der Waals surface area contributed by atoms with E-state index in [0.717, 1.165) is 40.9 Å². The van der Waals surface area contributed by atoms with E-state index in [4.69, 9.17) is 14.3 Å². The molecule has 1 aromatic heterocycles.